The van der Waals surface area contributed by atoms with E-state index in [0.717, 1.165) is 25.5 Å². The van der Waals surface area contributed by atoms with Crippen LogP contribution in [0.3, 0.4) is 0 Å². The molecule has 5 heteroatoms. The van der Waals surface area contributed by atoms with Gasteiger partial charge in [0, 0.05) is 19.6 Å². The topological polar surface area (TPSA) is 52.0 Å². The SMILES string of the molecule is CCn1nncc1OC1CNC1. The summed E-state index contributed by atoms with van der Waals surface area (Å²) in [7, 11) is 0. The van der Waals surface area contributed by atoms with Crippen molar-refractivity contribution in [2.75, 3.05) is 13.1 Å². The fraction of sp³-hybridized carbons (Fsp3) is 0.714. The van der Waals surface area contributed by atoms with Crippen molar-refractivity contribution in [2.45, 2.75) is 19.6 Å². The Morgan fingerprint density at radius 2 is 2.58 bits per heavy atom. The Balaban J connectivity index is 2.00. The van der Waals surface area contributed by atoms with Crippen LogP contribution in [-0.2, 0) is 6.54 Å². The molecule has 0 radical (unpaired) electrons. The maximum atomic E-state index is 5.59. The lowest BCUT2D eigenvalue weighted by Gasteiger charge is -2.27. The third-order valence-electron chi connectivity index (χ3n) is 1.91. The van der Waals surface area contributed by atoms with Crippen molar-refractivity contribution < 1.29 is 4.74 Å². The minimum atomic E-state index is 0.300. The Labute approximate surface area is 70.7 Å². The van der Waals surface area contributed by atoms with Crippen LogP contribution in [0.25, 0.3) is 0 Å². The summed E-state index contributed by atoms with van der Waals surface area (Å²) in [5.41, 5.74) is 0. The molecule has 1 aliphatic rings. The summed E-state index contributed by atoms with van der Waals surface area (Å²) in [6.45, 7) is 4.67. The summed E-state index contributed by atoms with van der Waals surface area (Å²) in [6.07, 6.45) is 1.95. The maximum absolute atomic E-state index is 5.59. The third kappa shape index (κ3) is 1.27. The van der Waals surface area contributed by atoms with E-state index in [2.05, 4.69) is 15.6 Å². The summed E-state index contributed by atoms with van der Waals surface area (Å²) in [5, 5.41) is 10.8. The molecule has 12 heavy (non-hydrogen) atoms. The molecular weight excluding hydrogens is 156 g/mol. The molecular formula is C7H12N4O. The Bertz CT molecular complexity index is 256. The van der Waals surface area contributed by atoms with Crippen LogP contribution in [0.5, 0.6) is 5.88 Å². The van der Waals surface area contributed by atoms with E-state index in [1.807, 2.05) is 6.92 Å². The third-order valence-corrected chi connectivity index (χ3v) is 1.91. The number of ether oxygens (including phenoxy) is 1. The van der Waals surface area contributed by atoms with Crippen LogP contribution in [0.4, 0.5) is 0 Å². The van der Waals surface area contributed by atoms with Gasteiger partial charge in [0.1, 0.15) is 12.3 Å². The summed E-state index contributed by atoms with van der Waals surface area (Å²) < 4.78 is 7.34. The van der Waals surface area contributed by atoms with Gasteiger partial charge in [-0.3, -0.25) is 0 Å². The van der Waals surface area contributed by atoms with Crippen molar-refractivity contribution in [3.05, 3.63) is 6.20 Å². The van der Waals surface area contributed by atoms with Crippen molar-refractivity contribution in [2.24, 2.45) is 0 Å². The lowest BCUT2D eigenvalue weighted by atomic mass is 10.2. The van der Waals surface area contributed by atoms with E-state index in [1.165, 1.54) is 0 Å². The zero-order valence-corrected chi connectivity index (χ0v) is 7.03. The zero-order valence-electron chi connectivity index (χ0n) is 7.03. The molecule has 1 saturated heterocycles. The second-order valence-corrected chi connectivity index (χ2v) is 2.79. The summed E-state index contributed by atoms with van der Waals surface area (Å²) in [4.78, 5) is 0. The number of nitrogens with zero attached hydrogens (tertiary/aromatic N) is 3. The number of rotatable bonds is 3. The van der Waals surface area contributed by atoms with E-state index in [-0.39, 0.29) is 0 Å². The van der Waals surface area contributed by atoms with Gasteiger partial charge in [0.25, 0.3) is 0 Å². The smallest absolute Gasteiger partial charge is 0.232 e. The van der Waals surface area contributed by atoms with E-state index in [0.29, 0.717) is 6.10 Å². The Morgan fingerprint density at radius 3 is 3.17 bits per heavy atom. The van der Waals surface area contributed by atoms with Crippen LogP contribution in [0.1, 0.15) is 6.92 Å². The molecule has 1 N–H and O–H groups in total. The average molecular weight is 168 g/mol. The molecule has 0 amide bonds. The quantitative estimate of drug-likeness (QED) is 0.670. The first-order chi connectivity index (χ1) is 5.90. The van der Waals surface area contributed by atoms with Gasteiger partial charge in [-0.2, -0.15) is 0 Å². The summed E-state index contributed by atoms with van der Waals surface area (Å²) >= 11 is 0. The molecule has 1 aliphatic heterocycles. The monoisotopic (exact) mass is 168 g/mol. The molecule has 1 aromatic heterocycles. The fourth-order valence-corrected chi connectivity index (χ4v) is 1.07. The number of hydrogen-bond acceptors (Lipinski definition) is 4. The summed E-state index contributed by atoms with van der Waals surface area (Å²) in [6, 6.07) is 0. The highest BCUT2D eigenvalue weighted by Gasteiger charge is 2.19. The number of nitrogens with one attached hydrogen (secondary N) is 1. The molecule has 5 nitrogen and oxygen atoms in total. The van der Waals surface area contributed by atoms with Crippen LogP contribution >= 0.6 is 0 Å². The van der Waals surface area contributed by atoms with E-state index in [4.69, 9.17) is 4.74 Å². The lowest BCUT2D eigenvalue weighted by molar-refractivity contribution is 0.128. The van der Waals surface area contributed by atoms with E-state index < -0.39 is 0 Å². The van der Waals surface area contributed by atoms with Crippen molar-refractivity contribution in [3.8, 4) is 5.88 Å². The first kappa shape index (κ1) is 7.54. The van der Waals surface area contributed by atoms with Gasteiger partial charge < -0.3 is 10.1 Å². The van der Waals surface area contributed by atoms with Crippen molar-refractivity contribution in [3.63, 3.8) is 0 Å². The first-order valence-corrected chi connectivity index (χ1v) is 4.16. The van der Waals surface area contributed by atoms with Crippen molar-refractivity contribution in [1.29, 1.82) is 0 Å². The fourth-order valence-electron chi connectivity index (χ4n) is 1.07. The van der Waals surface area contributed by atoms with Gasteiger partial charge in [-0.25, -0.2) is 4.68 Å². The molecule has 0 unspecified atom stereocenters. The molecule has 1 fully saturated rings. The van der Waals surface area contributed by atoms with Crippen molar-refractivity contribution >= 4 is 0 Å². The minimum Gasteiger partial charge on any atom is -0.471 e. The average Bonchev–Trinajstić information content (AvgIpc) is 2.43. The zero-order chi connectivity index (χ0) is 8.39. The van der Waals surface area contributed by atoms with Gasteiger partial charge in [-0.15, -0.1) is 5.10 Å². The van der Waals surface area contributed by atoms with Gasteiger partial charge in [0.2, 0.25) is 5.88 Å². The highest BCUT2D eigenvalue weighted by atomic mass is 16.5. The van der Waals surface area contributed by atoms with Crippen LogP contribution in [0.2, 0.25) is 0 Å². The van der Waals surface area contributed by atoms with Crippen LogP contribution in [0, 0.1) is 0 Å². The highest BCUT2D eigenvalue weighted by Crippen LogP contribution is 2.10. The normalized spacial score (nSPS) is 17.4. The minimum absolute atomic E-state index is 0.300. The van der Waals surface area contributed by atoms with Gasteiger partial charge in [-0.1, -0.05) is 5.21 Å². The molecule has 0 atom stereocenters. The predicted octanol–water partition coefficient (Wildman–Crippen LogP) is -0.351. The largest absolute Gasteiger partial charge is 0.471 e. The molecule has 0 bridgehead atoms. The molecule has 0 aromatic carbocycles. The summed E-state index contributed by atoms with van der Waals surface area (Å²) in [5.74, 6) is 0.768. The van der Waals surface area contributed by atoms with Crippen molar-refractivity contribution in [1.82, 2.24) is 20.3 Å². The van der Waals surface area contributed by atoms with Gasteiger partial charge in [0.15, 0.2) is 0 Å². The second-order valence-electron chi connectivity index (χ2n) is 2.79. The molecule has 0 spiro atoms. The first-order valence-electron chi connectivity index (χ1n) is 4.16. The van der Waals surface area contributed by atoms with Gasteiger partial charge >= 0.3 is 0 Å². The lowest BCUT2D eigenvalue weighted by Crippen LogP contribution is -2.50. The Morgan fingerprint density at radius 1 is 1.75 bits per heavy atom. The van der Waals surface area contributed by atoms with E-state index in [1.54, 1.807) is 10.9 Å². The number of aryl methyl sites for hydroxylation is 1. The molecule has 2 rings (SSSR count). The standard InChI is InChI=1S/C7H12N4O/c1-2-11-7(5-9-10-11)12-6-3-8-4-6/h5-6,8H,2-4H2,1H3. The number of hydrogen-bond donors (Lipinski definition) is 1. The second kappa shape index (κ2) is 3.10. The number of aromatic nitrogens is 3. The molecule has 0 aliphatic carbocycles. The molecule has 1 aromatic rings. The Kier molecular flexibility index (Phi) is 1.95. The predicted molar refractivity (Wildman–Crippen MR) is 43.0 cm³/mol. The van der Waals surface area contributed by atoms with Crippen LogP contribution in [-0.4, -0.2) is 34.2 Å². The van der Waals surface area contributed by atoms with E-state index >= 15 is 0 Å². The van der Waals surface area contributed by atoms with Gasteiger partial charge in [-0.05, 0) is 6.92 Å². The maximum Gasteiger partial charge on any atom is 0.232 e. The Hall–Kier alpha value is -1.10. The van der Waals surface area contributed by atoms with Gasteiger partial charge in [0.05, 0.1) is 0 Å². The highest BCUT2D eigenvalue weighted by molar-refractivity contribution is 5.03. The van der Waals surface area contributed by atoms with Crippen LogP contribution < -0.4 is 10.1 Å². The molecule has 66 valence electrons. The molecule has 0 saturated carbocycles. The van der Waals surface area contributed by atoms with E-state index in [9.17, 15) is 0 Å². The molecule has 2 heterocycles. The van der Waals surface area contributed by atoms with Crippen LogP contribution in [0.15, 0.2) is 6.20 Å².